The van der Waals surface area contributed by atoms with Gasteiger partial charge in [0.05, 0.1) is 27.4 Å². The Bertz CT molecular complexity index is 477. The van der Waals surface area contributed by atoms with E-state index in [0.717, 1.165) is 5.56 Å². The van der Waals surface area contributed by atoms with Gasteiger partial charge in [0.25, 0.3) is 0 Å². The Morgan fingerprint density at radius 2 is 2.10 bits per heavy atom. The number of rotatable bonds is 6. The van der Waals surface area contributed by atoms with Gasteiger partial charge >= 0.3 is 6.09 Å². The van der Waals surface area contributed by atoms with Crippen LogP contribution in [-0.2, 0) is 11.2 Å². The quantitative estimate of drug-likeness (QED) is 0.844. The van der Waals surface area contributed by atoms with Crippen molar-refractivity contribution in [2.24, 2.45) is 0 Å². The van der Waals surface area contributed by atoms with Crippen molar-refractivity contribution in [1.82, 2.24) is 4.90 Å². The van der Waals surface area contributed by atoms with E-state index in [-0.39, 0.29) is 12.7 Å². The lowest BCUT2D eigenvalue weighted by Gasteiger charge is -2.14. The minimum Gasteiger partial charge on any atom is -0.493 e. The van der Waals surface area contributed by atoms with Gasteiger partial charge in [0.1, 0.15) is 6.10 Å². The summed E-state index contributed by atoms with van der Waals surface area (Å²) in [5.74, 6) is 1.35. The second-order valence-corrected chi connectivity index (χ2v) is 4.57. The molecule has 0 radical (unpaired) electrons. The van der Waals surface area contributed by atoms with E-state index in [2.05, 4.69) is 0 Å². The average Bonchev–Trinajstić information content (AvgIpc) is 2.85. The molecule has 1 aliphatic rings. The Morgan fingerprint density at radius 3 is 2.70 bits per heavy atom. The molecule has 0 bridgehead atoms. The highest BCUT2D eigenvalue weighted by molar-refractivity contribution is 5.69. The fourth-order valence-electron chi connectivity index (χ4n) is 2.15. The number of hydrogen-bond donors (Lipinski definition) is 1. The van der Waals surface area contributed by atoms with E-state index in [0.29, 0.717) is 31.0 Å². The summed E-state index contributed by atoms with van der Waals surface area (Å²) in [6.45, 7) is 0.839. The van der Waals surface area contributed by atoms with Crippen molar-refractivity contribution in [3.63, 3.8) is 0 Å². The Morgan fingerprint density at radius 1 is 1.35 bits per heavy atom. The second kappa shape index (κ2) is 6.47. The normalized spacial score (nSPS) is 18.1. The van der Waals surface area contributed by atoms with Crippen molar-refractivity contribution in [3.05, 3.63) is 23.8 Å². The van der Waals surface area contributed by atoms with E-state index < -0.39 is 6.10 Å². The van der Waals surface area contributed by atoms with Crippen LogP contribution in [0.25, 0.3) is 0 Å². The summed E-state index contributed by atoms with van der Waals surface area (Å²) in [5, 5.41) is 8.98. The molecule has 1 saturated heterocycles. The number of ether oxygens (including phenoxy) is 3. The molecule has 0 aliphatic carbocycles. The van der Waals surface area contributed by atoms with Gasteiger partial charge in [-0.3, -0.25) is 0 Å². The maximum atomic E-state index is 11.5. The fourth-order valence-corrected chi connectivity index (χ4v) is 2.15. The van der Waals surface area contributed by atoms with Crippen LogP contribution in [-0.4, -0.2) is 56.1 Å². The summed E-state index contributed by atoms with van der Waals surface area (Å²) in [7, 11) is 3.18. The highest BCUT2D eigenvalue weighted by Crippen LogP contribution is 2.27. The lowest BCUT2D eigenvalue weighted by molar-refractivity contribution is 0.0948. The highest BCUT2D eigenvalue weighted by atomic mass is 16.6. The molecular weight excluding hydrogens is 262 g/mol. The predicted molar refractivity (Wildman–Crippen MR) is 72.2 cm³/mol. The summed E-state index contributed by atoms with van der Waals surface area (Å²) in [4.78, 5) is 13.1. The van der Waals surface area contributed by atoms with Gasteiger partial charge in [-0.25, -0.2) is 4.79 Å². The monoisotopic (exact) mass is 281 g/mol. The number of aliphatic hydroxyl groups is 1. The van der Waals surface area contributed by atoms with Gasteiger partial charge in [-0.15, -0.1) is 0 Å². The Hall–Kier alpha value is -1.95. The van der Waals surface area contributed by atoms with E-state index in [1.54, 1.807) is 19.1 Å². The van der Waals surface area contributed by atoms with Crippen LogP contribution in [0.3, 0.4) is 0 Å². The van der Waals surface area contributed by atoms with Crippen molar-refractivity contribution >= 4 is 6.09 Å². The smallest absolute Gasteiger partial charge is 0.410 e. The Balaban J connectivity index is 1.96. The first kappa shape index (κ1) is 14.5. The van der Waals surface area contributed by atoms with Gasteiger partial charge in [0, 0.05) is 6.54 Å². The molecule has 1 aromatic carbocycles. The zero-order valence-corrected chi connectivity index (χ0v) is 11.7. The molecule has 1 aliphatic heterocycles. The summed E-state index contributed by atoms with van der Waals surface area (Å²) in [6.07, 6.45) is -0.0921. The Kier molecular flexibility index (Phi) is 4.68. The van der Waals surface area contributed by atoms with E-state index in [9.17, 15) is 4.79 Å². The fraction of sp³-hybridized carbons (Fsp3) is 0.500. The van der Waals surface area contributed by atoms with E-state index in [1.807, 2.05) is 18.2 Å². The highest BCUT2D eigenvalue weighted by Gasteiger charge is 2.30. The van der Waals surface area contributed by atoms with Crippen LogP contribution in [0.15, 0.2) is 18.2 Å². The predicted octanol–water partition coefficient (Wildman–Crippen LogP) is 1.06. The van der Waals surface area contributed by atoms with Crippen molar-refractivity contribution in [2.45, 2.75) is 12.5 Å². The average molecular weight is 281 g/mol. The number of aliphatic hydroxyl groups excluding tert-OH is 1. The summed E-state index contributed by atoms with van der Waals surface area (Å²) in [5.41, 5.74) is 1.04. The minimum atomic E-state index is -0.409. The van der Waals surface area contributed by atoms with Crippen LogP contribution in [0, 0.1) is 0 Å². The number of cyclic esters (lactones) is 1. The third-order valence-electron chi connectivity index (χ3n) is 3.27. The molecule has 0 aromatic heterocycles. The molecule has 6 heteroatoms. The molecule has 1 heterocycles. The molecule has 6 nitrogen and oxygen atoms in total. The van der Waals surface area contributed by atoms with E-state index >= 15 is 0 Å². The SMILES string of the molecule is COc1ccc(CCN2CC(CO)OC2=O)cc1OC. The number of methoxy groups -OCH3 is 2. The zero-order valence-electron chi connectivity index (χ0n) is 11.7. The molecule has 0 spiro atoms. The molecule has 1 amide bonds. The lowest BCUT2D eigenvalue weighted by atomic mass is 10.1. The first-order valence-electron chi connectivity index (χ1n) is 6.45. The molecule has 1 atom stereocenters. The number of carbonyl (C=O) groups excluding carboxylic acids is 1. The molecule has 1 aromatic rings. The van der Waals surface area contributed by atoms with E-state index in [1.165, 1.54) is 0 Å². The molecule has 2 rings (SSSR count). The second-order valence-electron chi connectivity index (χ2n) is 4.57. The third-order valence-corrected chi connectivity index (χ3v) is 3.27. The van der Waals surface area contributed by atoms with Crippen molar-refractivity contribution in [2.75, 3.05) is 33.9 Å². The topological polar surface area (TPSA) is 68.2 Å². The third kappa shape index (κ3) is 3.14. The largest absolute Gasteiger partial charge is 0.493 e. The number of hydrogen-bond acceptors (Lipinski definition) is 5. The van der Waals surface area contributed by atoms with Crippen molar-refractivity contribution in [1.29, 1.82) is 0 Å². The molecule has 1 N–H and O–H groups in total. The maximum absolute atomic E-state index is 11.5. The summed E-state index contributed by atoms with van der Waals surface area (Å²) < 4.78 is 15.4. The van der Waals surface area contributed by atoms with Gasteiger partial charge in [-0.1, -0.05) is 6.07 Å². The van der Waals surface area contributed by atoms with Crippen LogP contribution in [0.2, 0.25) is 0 Å². The first-order chi connectivity index (χ1) is 9.67. The molecule has 20 heavy (non-hydrogen) atoms. The number of benzene rings is 1. The number of carbonyl (C=O) groups is 1. The van der Waals surface area contributed by atoms with Crippen LogP contribution in [0.1, 0.15) is 5.56 Å². The van der Waals surface area contributed by atoms with Gasteiger partial charge in [-0.05, 0) is 24.1 Å². The lowest BCUT2D eigenvalue weighted by Crippen LogP contribution is -2.28. The number of nitrogens with zero attached hydrogens (tertiary/aromatic N) is 1. The zero-order chi connectivity index (χ0) is 14.5. The van der Waals surface area contributed by atoms with Gasteiger partial charge in [0.15, 0.2) is 11.5 Å². The summed E-state index contributed by atoms with van der Waals surface area (Å²) >= 11 is 0. The van der Waals surface area contributed by atoms with Crippen molar-refractivity contribution in [3.8, 4) is 11.5 Å². The first-order valence-corrected chi connectivity index (χ1v) is 6.45. The minimum absolute atomic E-state index is 0.140. The van der Waals surface area contributed by atoms with Crippen LogP contribution < -0.4 is 9.47 Å². The van der Waals surface area contributed by atoms with Gasteiger partial charge < -0.3 is 24.2 Å². The van der Waals surface area contributed by atoms with Crippen molar-refractivity contribution < 1.29 is 24.1 Å². The van der Waals surface area contributed by atoms with E-state index in [4.69, 9.17) is 19.3 Å². The Labute approximate surface area is 117 Å². The summed E-state index contributed by atoms with van der Waals surface area (Å²) in [6, 6.07) is 5.67. The van der Waals surface area contributed by atoms with Crippen LogP contribution in [0.4, 0.5) is 4.79 Å². The molecule has 1 fully saturated rings. The van der Waals surface area contributed by atoms with Gasteiger partial charge in [-0.2, -0.15) is 0 Å². The standard InChI is InChI=1S/C14H19NO5/c1-18-12-4-3-10(7-13(12)19-2)5-6-15-8-11(9-16)20-14(15)17/h3-4,7,11,16H,5-6,8-9H2,1-2H3. The van der Waals surface area contributed by atoms with Crippen LogP contribution >= 0.6 is 0 Å². The molecular formula is C14H19NO5. The molecule has 0 saturated carbocycles. The molecule has 1 unspecified atom stereocenters. The van der Waals surface area contributed by atoms with Crippen LogP contribution in [0.5, 0.6) is 11.5 Å². The van der Waals surface area contributed by atoms with Gasteiger partial charge in [0.2, 0.25) is 0 Å². The number of amides is 1. The molecule has 110 valence electrons. The maximum Gasteiger partial charge on any atom is 0.410 e.